The van der Waals surface area contributed by atoms with Crippen molar-refractivity contribution in [1.82, 2.24) is 5.32 Å². The number of rotatable bonds is 5. The minimum Gasteiger partial charge on any atom is -0.374 e. The highest BCUT2D eigenvalue weighted by Gasteiger charge is 2.19. The molecule has 0 aliphatic heterocycles. The van der Waals surface area contributed by atoms with E-state index in [1.54, 1.807) is 7.05 Å². The van der Waals surface area contributed by atoms with Gasteiger partial charge in [-0.1, -0.05) is 26.2 Å². The van der Waals surface area contributed by atoms with E-state index >= 15 is 0 Å². The molecule has 3 nitrogen and oxygen atoms in total. The molecule has 1 aliphatic carbocycles. The van der Waals surface area contributed by atoms with Gasteiger partial charge in [0.1, 0.15) is 0 Å². The molecule has 1 unspecified atom stereocenters. The molecular weight excluding hydrogens is 190 g/mol. The lowest BCUT2D eigenvalue weighted by Crippen LogP contribution is -2.29. The number of ether oxygens (including phenoxy) is 1. The first-order valence-corrected chi connectivity index (χ1v) is 6.12. The van der Waals surface area contributed by atoms with Crippen molar-refractivity contribution in [2.75, 3.05) is 7.05 Å². The maximum Gasteiger partial charge on any atom is 0.222 e. The van der Waals surface area contributed by atoms with Crippen LogP contribution in [0.25, 0.3) is 0 Å². The van der Waals surface area contributed by atoms with E-state index in [4.69, 9.17) is 4.74 Å². The lowest BCUT2D eigenvalue weighted by Gasteiger charge is -2.26. The summed E-state index contributed by atoms with van der Waals surface area (Å²) in [6.45, 7) is 2.08. The highest BCUT2D eigenvalue weighted by Crippen LogP contribution is 2.22. The van der Waals surface area contributed by atoms with Crippen molar-refractivity contribution in [2.45, 2.75) is 64.1 Å². The summed E-state index contributed by atoms with van der Waals surface area (Å²) in [7, 11) is 1.68. The van der Waals surface area contributed by atoms with Gasteiger partial charge in [0.2, 0.25) is 5.91 Å². The van der Waals surface area contributed by atoms with Gasteiger partial charge in [0.15, 0.2) is 0 Å². The molecule has 0 saturated heterocycles. The molecule has 3 heteroatoms. The predicted octanol–water partition coefficient (Wildman–Crippen LogP) is 2.25. The molecule has 88 valence electrons. The van der Waals surface area contributed by atoms with E-state index in [0.717, 1.165) is 6.42 Å². The molecule has 1 rings (SSSR count). The number of hydrogen-bond acceptors (Lipinski definition) is 2. The summed E-state index contributed by atoms with van der Waals surface area (Å²) in [4.78, 5) is 11.2. The van der Waals surface area contributed by atoms with Crippen molar-refractivity contribution in [3.8, 4) is 0 Å². The smallest absolute Gasteiger partial charge is 0.222 e. The van der Waals surface area contributed by atoms with Crippen LogP contribution >= 0.6 is 0 Å². The second kappa shape index (κ2) is 6.83. The van der Waals surface area contributed by atoms with Gasteiger partial charge < -0.3 is 10.1 Å². The maximum absolute atomic E-state index is 11.2. The van der Waals surface area contributed by atoms with Crippen LogP contribution in [-0.2, 0) is 9.53 Å². The highest BCUT2D eigenvalue weighted by atomic mass is 16.5. The Labute approximate surface area is 92.6 Å². The molecular formula is C12H23NO2. The molecule has 0 aromatic rings. The van der Waals surface area contributed by atoms with Gasteiger partial charge in [-0.25, -0.2) is 0 Å². The molecule has 0 radical (unpaired) electrons. The van der Waals surface area contributed by atoms with Crippen LogP contribution in [0.2, 0.25) is 0 Å². The van der Waals surface area contributed by atoms with Crippen LogP contribution in [0.4, 0.5) is 0 Å². The van der Waals surface area contributed by atoms with Gasteiger partial charge in [-0.2, -0.15) is 0 Å². The van der Waals surface area contributed by atoms with E-state index in [-0.39, 0.29) is 12.0 Å². The second-order valence-corrected chi connectivity index (χ2v) is 4.30. The molecule has 0 heterocycles. The lowest BCUT2D eigenvalue weighted by atomic mass is 9.97. The van der Waals surface area contributed by atoms with Crippen molar-refractivity contribution in [1.29, 1.82) is 0 Å². The number of amides is 1. The van der Waals surface area contributed by atoms with Crippen LogP contribution in [0.15, 0.2) is 0 Å². The Morgan fingerprint density at radius 3 is 2.60 bits per heavy atom. The zero-order valence-electron chi connectivity index (χ0n) is 9.92. The minimum atomic E-state index is 0.0812. The fourth-order valence-electron chi connectivity index (χ4n) is 2.07. The Morgan fingerprint density at radius 1 is 1.40 bits per heavy atom. The Balaban J connectivity index is 2.28. The van der Waals surface area contributed by atoms with Crippen LogP contribution in [0, 0.1) is 0 Å². The van der Waals surface area contributed by atoms with Gasteiger partial charge >= 0.3 is 0 Å². The molecule has 1 fully saturated rings. The van der Waals surface area contributed by atoms with E-state index in [1.807, 2.05) is 0 Å². The SMILES string of the molecule is CCC(CC(=O)NC)OC1CCCCC1. The van der Waals surface area contributed by atoms with Gasteiger partial charge in [0, 0.05) is 7.05 Å². The third kappa shape index (κ3) is 4.65. The number of hydrogen-bond donors (Lipinski definition) is 1. The van der Waals surface area contributed by atoms with Crippen LogP contribution in [0.3, 0.4) is 0 Å². The first kappa shape index (κ1) is 12.5. The Morgan fingerprint density at radius 2 is 2.07 bits per heavy atom. The fraction of sp³-hybridized carbons (Fsp3) is 0.917. The van der Waals surface area contributed by atoms with E-state index < -0.39 is 0 Å². The third-order valence-electron chi connectivity index (χ3n) is 3.08. The van der Waals surface area contributed by atoms with Crippen molar-refractivity contribution in [2.24, 2.45) is 0 Å². The molecule has 1 atom stereocenters. The monoisotopic (exact) mass is 213 g/mol. The van der Waals surface area contributed by atoms with Crippen molar-refractivity contribution in [3.05, 3.63) is 0 Å². The average Bonchev–Trinajstić information content (AvgIpc) is 2.29. The van der Waals surface area contributed by atoms with E-state index in [0.29, 0.717) is 12.5 Å². The zero-order chi connectivity index (χ0) is 11.1. The summed E-state index contributed by atoms with van der Waals surface area (Å²) in [5.41, 5.74) is 0. The van der Waals surface area contributed by atoms with Crippen molar-refractivity contribution >= 4 is 5.91 Å². The average molecular weight is 213 g/mol. The first-order valence-electron chi connectivity index (χ1n) is 6.12. The van der Waals surface area contributed by atoms with Gasteiger partial charge in [-0.15, -0.1) is 0 Å². The van der Waals surface area contributed by atoms with Gasteiger partial charge in [-0.3, -0.25) is 4.79 Å². The highest BCUT2D eigenvalue weighted by molar-refractivity contribution is 5.76. The van der Waals surface area contributed by atoms with Gasteiger partial charge in [-0.05, 0) is 19.3 Å². The topological polar surface area (TPSA) is 38.3 Å². The molecule has 0 aromatic carbocycles. The number of carbonyl (C=O) groups excluding carboxylic acids is 1. The molecule has 1 aliphatic rings. The summed E-state index contributed by atoms with van der Waals surface area (Å²) in [6.07, 6.45) is 8.16. The van der Waals surface area contributed by atoms with Gasteiger partial charge in [0.05, 0.1) is 18.6 Å². The summed E-state index contributed by atoms with van der Waals surface area (Å²) >= 11 is 0. The summed E-state index contributed by atoms with van der Waals surface area (Å²) < 4.78 is 5.95. The largest absolute Gasteiger partial charge is 0.374 e. The van der Waals surface area contributed by atoms with E-state index in [1.165, 1.54) is 32.1 Å². The Hall–Kier alpha value is -0.570. The quantitative estimate of drug-likeness (QED) is 0.760. The third-order valence-corrected chi connectivity index (χ3v) is 3.08. The van der Waals surface area contributed by atoms with Gasteiger partial charge in [0.25, 0.3) is 0 Å². The lowest BCUT2D eigenvalue weighted by molar-refractivity contribution is -0.125. The standard InChI is InChI=1S/C12H23NO2/c1-3-10(9-12(14)13-2)15-11-7-5-4-6-8-11/h10-11H,3-9H2,1-2H3,(H,13,14). The Bertz CT molecular complexity index is 188. The summed E-state index contributed by atoms with van der Waals surface area (Å²) in [5.74, 6) is 0.0812. The van der Waals surface area contributed by atoms with E-state index in [2.05, 4.69) is 12.2 Å². The maximum atomic E-state index is 11.2. The summed E-state index contributed by atoms with van der Waals surface area (Å²) in [6, 6.07) is 0. The van der Waals surface area contributed by atoms with Crippen molar-refractivity contribution in [3.63, 3.8) is 0 Å². The first-order chi connectivity index (χ1) is 7.26. The zero-order valence-corrected chi connectivity index (χ0v) is 9.92. The molecule has 0 bridgehead atoms. The van der Waals surface area contributed by atoms with Crippen LogP contribution in [0.5, 0.6) is 0 Å². The molecule has 15 heavy (non-hydrogen) atoms. The fourth-order valence-corrected chi connectivity index (χ4v) is 2.07. The molecule has 0 spiro atoms. The van der Waals surface area contributed by atoms with Crippen LogP contribution in [0.1, 0.15) is 51.9 Å². The normalized spacial score (nSPS) is 19.9. The van der Waals surface area contributed by atoms with E-state index in [9.17, 15) is 4.79 Å². The number of carbonyl (C=O) groups is 1. The van der Waals surface area contributed by atoms with Crippen molar-refractivity contribution < 1.29 is 9.53 Å². The molecule has 1 amide bonds. The molecule has 1 saturated carbocycles. The number of nitrogens with one attached hydrogen (secondary N) is 1. The Kier molecular flexibility index (Phi) is 5.69. The molecule has 1 N–H and O–H groups in total. The molecule has 0 aromatic heterocycles. The summed E-state index contributed by atoms with van der Waals surface area (Å²) in [5, 5.41) is 2.65. The minimum absolute atomic E-state index is 0.0812. The van der Waals surface area contributed by atoms with Crippen LogP contribution in [-0.4, -0.2) is 25.2 Å². The second-order valence-electron chi connectivity index (χ2n) is 4.30. The van der Waals surface area contributed by atoms with Crippen LogP contribution < -0.4 is 5.32 Å². The predicted molar refractivity (Wildman–Crippen MR) is 60.7 cm³/mol.